The molecule has 0 radical (unpaired) electrons. The van der Waals surface area contributed by atoms with E-state index in [-0.39, 0.29) is 0 Å². The van der Waals surface area contributed by atoms with Gasteiger partial charge in [0.2, 0.25) is 5.65 Å². The summed E-state index contributed by atoms with van der Waals surface area (Å²) in [6, 6.07) is 0. The van der Waals surface area contributed by atoms with Crippen molar-refractivity contribution >= 4 is 11.3 Å². The van der Waals surface area contributed by atoms with E-state index >= 15 is 0 Å². The van der Waals surface area contributed by atoms with Crippen LogP contribution in [0.25, 0.3) is 11.3 Å². The molecule has 13 heavy (non-hydrogen) atoms. The van der Waals surface area contributed by atoms with E-state index in [1.165, 1.54) is 0 Å². The Labute approximate surface area is 75.8 Å². The van der Waals surface area contributed by atoms with Crippen LogP contribution in [0.1, 0.15) is 25.5 Å². The Bertz CT molecular complexity index is 431. The van der Waals surface area contributed by atoms with Gasteiger partial charge in [0.15, 0.2) is 5.65 Å². The quantitative estimate of drug-likeness (QED) is 0.648. The Hall–Kier alpha value is -1.52. The summed E-state index contributed by atoms with van der Waals surface area (Å²) in [7, 11) is 1.81. The summed E-state index contributed by atoms with van der Waals surface area (Å²) >= 11 is 0. The number of aromatic nitrogens is 5. The molecule has 0 aromatic carbocycles. The highest BCUT2D eigenvalue weighted by Crippen LogP contribution is 2.12. The zero-order valence-corrected chi connectivity index (χ0v) is 7.89. The third kappa shape index (κ3) is 1.26. The number of aryl methyl sites for hydroxylation is 1. The predicted molar refractivity (Wildman–Crippen MR) is 48.2 cm³/mol. The van der Waals surface area contributed by atoms with Crippen LogP contribution < -0.4 is 0 Å². The normalized spacial score (nSPS) is 11.4. The second-order valence-electron chi connectivity index (χ2n) is 3.31. The number of hydrogen-bond donors (Lipinski definition) is 0. The molecule has 2 heterocycles. The summed E-state index contributed by atoms with van der Waals surface area (Å²) in [6.07, 6.45) is 1.75. The molecule has 0 N–H and O–H groups in total. The van der Waals surface area contributed by atoms with E-state index in [2.05, 4.69) is 34.1 Å². The summed E-state index contributed by atoms with van der Waals surface area (Å²) in [5.41, 5.74) is 2.32. The fourth-order valence-electron chi connectivity index (χ4n) is 1.10. The lowest BCUT2D eigenvalue weighted by atomic mass is 10.1. The van der Waals surface area contributed by atoms with Crippen molar-refractivity contribution in [2.24, 2.45) is 7.05 Å². The van der Waals surface area contributed by atoms with Crippen LogP contribution in [-0.4, -0.2) is 25.0 Å². The molecule has 0 atom stereocenters. The third-order valence-corrected chi connectivity index (χ3v) is 1.93. The van der Waals surface area contributed by atoms with E-state index in [4.69, 9.17) is 0 Å². The molecule has 0 aliphatic heterocycles. The lowest BCUT2D eigenvalue weighted by Crippen LogP contribution is -1.98. The van der Waals surface area contributed by atoms with Crippen molar-refractivity contribution < 1.29 is 0 Å². The molecule has 5 nitrogen and oxygen atoms in total. The largest absolute Gasteiger partial charge is 0.230 e. The first kappa shape index (κ1) is 8.10. The molecule has 2 aromatic heterocycles. The average Bonchev–Trinajstić information content (AvgIpc) is 2.47. The van der Waals surface area contributed by atoms with E-state index in [1.807, 2.05) is 7.05 Å². The van der Waals surface area contributed by atoms with Crippen LogP contribution in [0, 0.1) is 0 Å². The summed E-state index contributed by atoms with van der Waals surface area (Å²) in [5.74, 6) is 0.381. The van der Waals surface area contributed by atoms with E-state index in [9.17, 15) is 0 Å². The van der Waals surface area contributed by atoms with Crippen molar-refractivity contribution in [2.75, 3.05) is 0 Å². The smallest absolute Gasteiger partial charge is 0.221 e. The van der Waals surface area contributed by atoms with Crippen LogP contribution in [0.2, 0.25) is 0 Å². The van der Waals surface area contributed by atoms with Gasteiger partial charge in [-0.15, -0.1) is 5.10 Å². The van der Waals surface area contributed by atoms with E-state index < -0.39 is 0 Å². The Morgan fingerprint density at radius 2 is 2.15 bits per heavy atom. The molecule has 0 bridgehead atoms. The van der Waals surface area contributed by atoms with Crippen LogP contribution in [0.3, 0.4) is 0 Å². The molecule has 0 aliphatic rings. The zero-order chi connectivity index (χ0) is 9.42. The number of rotatable bonds is 1. The van der Waals surface area contributed by atoms with Crippen LogP contribution in [0.15, 0.2) is 6.20 Å². The first-order valence-corrected chi connectivity index (χ1v) is 4.21. The maximum atomic E-state index is 4.41. The fraction of sp³-hybridized carbons (Fsp3) is 0.500. The number of nitrogens with zero attached hydrogens (tertiary/aromatic N) is 5. The van der Waals surface area contributed by atoms with Gasteiger partial charge in [0.25, 0.3) is 0 Å². The van der Waals surface area contributed by atoms with Gasteiger partial charge in [-0.05, 0) is 5.92 Å². The van der Waals surface area contributed by atoms with Crippen molar-refractivity contribution in [3.63, 3.8) is 0 Å². The molecular formula is C8H11N5. The highest BCUT2D eigenvalue weighted by atomic mass is 15.4. The molecule has 0 aliphatic carbocycles. The maximum absolute atomic E-state index is 4.41. The van der Waals surface area contributed by atoms with Gasteiger partial charge in [-0.2, -0.15) is 0 Å². The van der Waals surface area contributed by atoms with Crippen LogP contribution in [0.4, 0.5) is 0 Å². The minimum absolute atomic E-state index is 0.381. The molecule has 0 spiro atoms. The lowest BCUT2D eigenvalue weighted by Gasteiger charge is -2.01. The second kappa shape index (κ2) is 2.76. The van der Waals surface area contributed by atoms with E-state index in [1.54, 1.807) is 10.9 Å². The van der Waals surface area contributed by atoms with Crippen molar-refractivity contribution in [2.45, 2.75) is 19.8 Å². The summed E-state index contributed by atoms with van der Waals surface area (Å²) in [4.78, 5) is 8.58. The molecule has 2 rings (SSSR count). The highest BCUT2D eigenvalue weighted by Gasteiger charge is 2.07. The topological polar surface area (TPSA) is 56.5 Å². The van der Waals surface area contributed by atoms with Crippen molar-refractivity contribution in [3.8, 4) is 0 Å². The molecular weight excluding hydrogens is 166 g/mol. The molecule has 0 unspecified atom stereocenters. The third-order valence-electron chi connectivity index (χ3n) is 1.93. The van der Waals surface area contributed by atoms with Gasteiger partial charge >= 0.3 is 0 Å². The zero-order valence-electron chi connectivity index (χ0n) is 7.89. The molecule has 68 valence electrons. The van der Waals surface area contributed by atoms with Gasteiger partial charge in [0, 0.05) is 7.05 Å². The van der Waals surface area contributed by atoms with Gasteiger partial charge < -0.3 is 0 Å². The molecule has 0 fully saturated rings. The average molecular weight is 177 g/mol. The summed E-state index contributed by atoms with van der Waals surface area (Å²) < 4.78 is 1.63. The second-order valence-corrected chi connectivity index (χ2v) is 3.31. The lowest BCUT2D eigenvalue weighted by molar-refractivity contribution is 0.725. The van der Waals surface area contributed by atoms with E-state index in [0.29, 0.717) is 11.6 Å². The van der Waals surface area contributed by atoms with Gasteiger partial charge in [-0.25, -0.2) is 14.6 Å². The SMILES string of the molecule is CC(C)c1cnc2nnn(C)c2n1. The molecule has 0 saturated heterocycles. The molecule has 0 saturated carbocycles. The Kier molecular flexibility index (Phi) is 1.72. The Morgan fingerprint density at radius 1 is 1.38 bits per heavy atom. The summed E-state index contributed by atoms with van der Waals surface area (Å²) in [6.45, 7) is 4.17. The van der Waals surface area contributed by atoms with Crippen LogP contribution in [0.5, 0.6) is 0 Å². The number of hydrogen-bond acceptors (Lipinski definition) is 4. The van der Waals surface area contributed by atoms with Crippen LogP contribution >= 0.6 is 0 Å². The van der Waals surface area contributed by atoms with E-state index in [0.717, 1.165) is 11.3 Å². The van der Waals surface area contributed by atoms with Crippen molar-refractivity contribution in [1.82, 2.24) is 25.0 Å². The Balaban J connectivity index is 2.66. The monoisotopic (exact) mass is 177 g/mol. The maximum Gasteiger partial charge on any atom is 0.221 e. The molecule has 2 aromatic rings. The predicted octanol–water partition coefficient (Wildman–Crippen LogP) is 0.882. The van der Waals surface area contributed by atoms with Crippen molar-refractivity contribution in [3.05, 3.63) is 11.9 Å². The van der Waals surface area contributed by atoms with Crippen molar-refractivity contribution in [1.29, 1.82) is 0 Å². The van der Waals surface area contributed by atoms with Crippen LogP contribution in [-0.2, 0) is 7.05 Å². The summed E-state index contributed by atoms with van der Waals surface area (Å²) in [5, 5.41) is 7.70. The van der Waals surface area contributed by atoms with Gasteiger partial charge in [0.05, 0.1) is 11.9 Å². The fourth-order valence-corrected chi connectivity index (χ4v) is 1.10. The first-order valence-electron chi connectivity index (χ1n) is 4.21. The Morgan fingerprint density at radius 3 is 2.85 bits per heavy atom. The minimum atomic E-state index is 0.381. The highest BCUT2D eigenvalue weighted by molar-refractivity contribution is 5.63. The molecule has 0 amide bonds. The first-order chi connectivity index (χ1) is 6.18. The van der Waals surface area contributed by atoms with Gasteiger partial charge in [0.1, 0.15) is 0 Å². The minimum Gasteiger partial charge on any atom is -0.230 e. The van der Waals surface area contributed by atoms with Gasteiger partial charge in [-0.3, -0.25) is 0 Å². The number of fused-ring (bicyclic) bond motifs is 1. The molecule has 5 heteroatoms. The van der Waals surface area contributed by atoms with Gasteiger partial charge in [-0.1, -0.05) is 19.1 Å². The standard InChI is InChI=1S/C8H11N5/c1-5(2)6-4-9-7-8(10-6)13(3)12-11-7/h4-5H,1-3H3.